The summed E-state index contributed by atoms with van der Waals surface area (Å²) in [6.45, 7) is 0.787. The maximum atomic E-state index is 12.0. The quantitative estimate of drug-likeness (QED) is 0.849. The number of amides is 1. The Morgan fingerprint density at radius 2 is 2.10 bits per heavy atom. The minimum absolute atomic E-state index is 0.0531. The zero-order valence-corrected chi connectivity index (χ0v) is 14.1. The third-order valence-electron chi connectivity index (χ3n) is 3.79. The first-order chi connectivity index (χ1) is 9.75. The molecule has 21 heavy (non-hydrogen) atoms. The number of anilines is 2. The van der Waals surface area contributed by atoms with Crippen LogP contribution in [0.1, 0.15) is 28.9 Å². The fourth-order valence-corrected chi connectivity index (χ4v) is 5.11. The van der Waals surface area contributed by atoms with Crippen molar-refractivity contribution in [2.45, 2.75) is 24.2 Å². The standard InChI is InChI=1S/C13H21N3O3S2/c1-15-12(17)10-9(14)11(21(3,18)19)13(20-10)16(2)7-8-5-4-6-8/h8H,4-7,14H2,1-3H3,(H,15,17). The summed E-state index contributed by atoms with van der Waals surface area (Å²) < 4.78 is 24.1. The van der Waals surface area contributed by atoms with Gasteiger partial charge >= 0.3 is 0 Å². The van der Waals surface area contributed by atoms with Gasteiger partial charge in [-0.05, 0) is 18.8 Å². The molecular formula is C13H21N3O3S2. The second-order valence-electron chi connectivity index (χ2n) is 5.51. The molecule has 0 unspecified atom stereocenters. The van der Waals surface area contributed by atoms with E-state index in [1.54, 1.807) is 0 Å². The molecule has 1 fully saturated rings. The molecule has 1 aromatic rings. The van der Waals surface area contributed by atoms with Crippen molar-refractivity contribution >= 4 is 37.8 Å². The Labute approximate surface area is 129 Å². The fraction of sp³-hybridized carbons (Fsp3) is 0.615. The zero-order chi connectivity index (χ0) is 15.8. The minimum Gasteiger partial charge on any atom is -0.396 e. The summed E-state index contributed by atoms with van der Waals surface area (Å²) in [5.41, 5.74) is 5.98. The van der Waals surface area contributed by atoms with E-state index >= 15 is 0 Å². The molecule has 0 aliphatic heterocycles. The molecular weight excluding hydrogens is 310 g/mol. The van der Waals surface area contributed by atoms with E-state index in [-0.39, 0.29) is 21.4 Å². The Balaban J connectivity index is 2.44. The Morgan fingerprint density at radius 3 is 2.52 bits per heavy atom. The molecule has 0 bridgehead atoms. The molecule has 1 aliphatic rings. The molecule has 0 saturated heterocycles. The smallest absolute Gasteiger partial charge is 0.263 e. The topological polar surface area (TPSA) is 92.5 Å². The summed E-state index contributed by atoms with van der Waals surface area (Å²) in [6, 6.07) is 0. The number of nitrogens with zero attached hydrogens (tertiary/aromatic N) is 1. The summed E-state index contributed by atoms with van der Waals surface area (Å²) in [6.07, 6.45) is 4.69. The monoisotopic (exact) mass is 331 g/mol. The lowest BCUT2D eigenvalue weighted by atomic mass is 9.85. The van der Waals surface area contributed by atoms with Crippen molar-refractivity contribution < 1.29 is 13.2 Å². The van der Waals surface area contributed by atoms with E-state index in [9.17, 15) is 13.2 Å². The SMILES string of the molecule is CNC(=O)c1sc(N(C)CC2CCC2)c(S(C)(=O)=O)c1N. The number of nitrogens with two attached hydrogens (primary N) is 1. The Morgan fingerprint density at radius 1 is 1.48 bits per heavy atom. The van der Waals surface area contributed by atoms with Gasteiger partial charge < -0.3 is 16.0 Å². The summed E-state index contributed by atoms with van der Waals surface area (Å²) in [7, 11) is -0.138. The lowest BCUT2D eigenvalue weighted by Crippen LogP contribution is -2.29. The van der Waals surface area contributed by atoms with Crippen molar-refractivity contribution in [3.8, 4) is 0 Å². The Kier molecular flexibility index (Phi) is 4.48. The number of carbonyl (C=O) groups is 1. The molecule has 2 rings (SSSR count). The van der Waals surface area contributed by atoms with E-state index in [0.29, 0.717) is 10.9 Å². The first-order valence-corrected chi connectivity index (χ1v) is 9.52. The molecule has 1 amide bonds. The van der Waals surface area contributed by atoms with E-state index in [0.717, 1.165) is 24.1 Å². The number of hydrogen-bond donors (Lipinski definition) is 2. The Hall–Kier alpha value is -1.28. The van der Waals surface area contributed by atoms with Gasteiger partial charge in [-0.25, -0.2) is 8.42 Å². The highest BCUT2D eigenvalue weighted by molar-refractivity contribution is 7.91. The molecule has 0 aromatic carbocycles. The first-order valence-electron chi connectivity index (χ1n) is 6.81. The molecule has 118 valence electrons. The van der Waals surface area contributed by atoms with Crippen LogP contribution in [0.15, 0.2) is 4.90 Å². The molecule has 8 heteroatoms. The van der Waals surface area contributed by atoms with Crippen LogP contribution in [-0.2, 0) is 9.84 Å². The third-order valence-corrected chi connectivity index (χ3v) is 6.39. The van der Waals surface area contributed by atoms with Crippen molar-refractivity contribution in [2.24, 2.45) is 5.92 Å². The number of nitrogen functional groups attached to an aromatic ring is 1. The predicted octanol–water partition coefficient (Wildman–Crippen LogP) is 1.33. The lowest BCUT2D eigenvalue weighted by Gasteiger charge is -2.30. The van der Waals surface area contributed by atoms with Crippen LogP contribution in [0.2, 0.25) is 0 Å². The molecule has 1 aromatic heterocycles. The molecule has 1 heterocycles. The molecule has 6 nitrogen and oxygen atoms in total. The van der Waals surface area contributed by atoms with Crippen LogP contribution in [-0.4, -0.2) is 41.2 Å². The maximum Gasteiger partial charge on any atom is 0.263 e. The lowest BCUT2D eigenvalue weighted by molar-refractivity contribution is 0.0968. The van der Waals surface area contributed by atoms with Crippen molar-refractivity contribution in [1.29, 1.82) is 0 Å². The van der Waals surface area contributed by atoms with Gasteiger partial charge in [0.25, 0.3) is 5.91 Å². The number of rotatable bonds is 5. The fourth-order valence-electron chi connectivity index (χ4n) is 2.45. The van der Waals surface area contributed by atoms with E-state index in [1.807, 2.05) is 11.9 Å². The van der Waals surface area contributed by atoms with Gasteiger partial charge in [-0.15, -0.1) is 11.3 Å². The number of sulfone groups is 1. The van der Waals surface area contributed by atoms with Crippen LogP contribution >= 0.6 is 11.3 Å². The first kappa shape index (κ1) is 16.1. The van der Waals surface area contributed by atoms with Gasteiger partial charge in [0.1, 0.15) is 14.8 Å². The van der Waals surface area contributed by atoms with Crippen LogP contribution in [0, 0.1) is 5.92 Å². The van der Waals surface area contributed by atoms with E-state index in [1.165, 1.54) is 26.3 Å². The van der Waals surface area contributed by atoms with E-state index in [4.69, 9.17) is 5.73 Å². The highest BCUT2D eigenvalue weighted by Gasteiger charge is 2.30. The molecule has 0 radical (unpaired) electrons. The summed E-state index contributed by atoms with van der Waals surface area (Å²) >= 11 is 1.14. The van der Waals surface area contributed by atoms with Crippen molar-refractivity contribution in [3.05, 3.63) is 4.88 Å². The van der Waals surface area contributed by atoms with Gasteiger partial charge in [0.05, 0.1) is 5.69 Å². The third kappa shape index (κ3) is 3.16. The van der Waals surface area contributed by atoms with Crippen LogP contribution in [0.25, 0.3) is 0 Å². The molecule has 3 N–H and O–H groups in total. The van der Waals surface area contributed by atoms with Crippen LogP contribution in [0.3, 0.4) is 0 Å². The number of hydrogen-bond acceptors (Lipinski definition) is 6. The summed E-state index contributed by atoms with van der Waals surface area (Å²) in [4.78, 5) is 14.1. The van der Waals surface area contributed by atoms with Gasteiger partial charge in [-0.3, -0.25) is 4.79 Å². The highest BCUT2D eigenvalue weighted by Crippen LogP contribution is 2.42. The summed E-state index contributed by atoms with van der Waals surface area (Å²) in [5.74, 6) is 0.236. The summed E-state index contributed by atoms with van der Waals surface area (Å²) in [5, 5.41) is 3.05. The Bertz CT molecular complexity index is 648. The highest BCUT2D eigenvalue weighted by atomic mass is 32.2. The normalized spacial score (nSPS) is 15.6. The zero-order valence-electron chi connectivity index (χ0n) is 12.5. The maximum absolute atomic E-state index is 12.0. The van der Waals surface area contributed by atoms with Gasteiger partial charge in [0.15, 0.2) is 9.84 Å². The van der Waals surface area contributed by atoms with Crippen LogP contribution in [0.4, 0.5) is 10.7 Å². The van der Waals surface area contributed by atoms with Crippen molar-refractivity contribution in [2.75, 3.05) is 37.5 Å². The van der Waals surface area contributed by atoms with Crippen LogP contribution < -0.4 is 16.0 Å². The van der Waals surface area contributed by atoms with Crippen molar-refractivity contribution in [3.63, 3.8) is 0 Å². The van der Waals surface area contributed by atoms with E-state index in [2.05, 4.69) is 5.32 Å². The number of thiophene rings is 1. The second-order valence-corrected chi connectivity index (χ2v) is 8.46. The van der Waals surface area contributed by atoms with Gasteiger partial charge in [0, 0.05) is 26.9 Å². The van der Waals surface area contributed by atoms with Crippen LogP contribution in [0.5, 0.6) is 0 Å². The largest absolute Gasteiger partial charge is 0.396 e. The molecule has 0 atom stereocenters. The molecule has 1 aliphatic carbocycles. The molecule has 1 saturated carbocycles. The van der Waals surface area contributed by atoms with Gasteiger partial charge in [0.2, 0.25) is 0 Å². The second kappa shape index (κ2) is 5.84. The predicted molar refractivity (Wildman–Crippen MR) is 85.8 cm³/mol. The van der Waals surface area contributed by atoms with Crippen molar-refractivity contribution in [1.82, 2.24) is 5.32 Å². The minimum atomic E-state index is -3.49. The van der Waals surface area contributed by atoms with Gasteiger partial charge in [-0.2, -0.15) is 0 Å². The van der Waals surface area contributed by atoms with Gasteiger partial charge in [-0.1, -0.05) is 6.42 Å². The number of nitrogens with one attached hydrogen (secondary N) is 1. The average Bonchev–Trinajstić information content (AvgIpc) is 2.70. The molecule has 0 spiro atoms. The van der Waals surface area contributed by atoms with E-state index < -0.39 is 9.84 Å². The number of carbonyl (C=O) groups excluding carboxylic acids is 1. The average molecular weight is 331 g/mol.